The molecule has 0 aliphatic rings. The molecule has 0 unspecified atom stereocenters. The topological polar surface area (TPSA) is 130 Å². The molecule has 29 heavy (non-hydrogen) atoms. The molecular weight excluding hydrogens is 396 g/mol. The molecule has 3 N–H and O–H groups in total. The Hall–Kier alpha value is -2.98. The number of nitro groups is 1. The third-order valence-electron chi connectivity index (χ3n) is 4.22. The van der Waals surface area contributed by atoms with E-state index in [1.54, 1.807) is 25.1 Å². The van der Waals surface area contributed by atoms with Gasteiger partial charge in [-0.3, -0.25) is 14.9 Å². The second-order valence-corrected chi connectivity index (χ2v) is 8.13. The number of amides is 1. The molecule has 0 aromatic heterocycles. The van der Waals surface area contributed by atoms with Crippen LogP contribution < -0.4 is 15.4 Å². The van der Waals surface area contributed by atoms with Gasteiger partial charge in [-0.1, -0.05) is 19.1 Å². The van der Waals surface area contributed by atoms with Crippen LogP contribution in [0.15, 0.2) is 53.4 Å². The van der Waals surface area contributed by atoms with Gasteiger partial charge in [0.05, 0.1) is 9.82 Å². The van der Waals surface area contributed by atoms with Gasteiger partial charge in [-0.25, -0.2) is 13.1 Å². The van der Waals surface area contributed by atoms with Crippen molar-refractivity contribution in [2.45, 2.75) is 31.2 Å². The first-order chi connectivity index (χ1) is 13.7. The Morgan fingerprint density at radius 3 is 2.38 bits per heavy atom. The summed E-state index contributed by atoms with van der Waals surface area (Å²) in [4.78, 5) is 22.8. The van der Waals surface area contributed by atoms with Crippen LogP contribution in [0.2, 0.25) is 0 Å². The van der Waals surface area contributed by atoms with Gasteiger partial charge in [0.1, 0.15) is 5.69 Å². The van der Waals surface area contributed by atoms with E-state index in [0.717, 1.165) is 0 Å². The monoisotopic (exact) mass is 420 g/mol. The highest BCUT2D eigenvalue weighted by Gasteiger charge is 2.17. The molecule has 10 heteroatoms. The zero-order valence-corrected chi connectivity index (χ0v) is 17.0. The molecule has 2 rings (SSSR count). The smallest absolute Gasteiger partial charge is 0.292 e. The number of nitro benzene ring substituents is 1. The molecular formula is C19H24N4O5S. The molecule has 1 atom stereocenters. The third-order valence-corrected chi connectivity index (χ3v) is 5.83. The van der Waals surface area contributed by atoms with Crippen molar-refractivity contribution >= 4 is 27.3 Å². The number of hydrogen-bond donors (Lipinski definition) is 3. The van der Waals surface area contributed by atoms with Crippen molar-refractivity contribution < 1.29 is 18.1 Å². The lowest BCUT2D eigenvalue weighted by Crippen LogP contribution is -2.32. The minimum atomic E-state index is -3.62. The lowest BCUT2D eigenvalue weighted by molar-refractivity contribution is -0.384. The van der Waals surface area contributed by atoms with E-state index in [1.165, 1.54) is 30.3 Å². The molecule has 0 bridgehead atoms. The normalized spacial score (nSPS) is 12.2. The largest absolute Gasteiger partial charge is 0.378 e. The number of rotatable bonds is 10. The molecule has 2 aromatic rings. The molecule has 1 amide bonds. The highest BCUT2D eigenvalue weighted by Crippen LogP contribution is 2.22. The second-order valence-electron chi connectivity index (χ2n) is 6.41. The summed E-state index contributed by atoms with van der Waals surface area (Å²) < 4.78 is 27.0. The molecule has 2 aromatic carbocycles. The Morgan fingerprint density at radius 1 is 1.10 bits per heavy atom. The fourth-order valence-electron chi connectivity index (χ4n) is 2.46. The van der Waals surface area contributed by atoms with Crippen LogP contribution in [-0.2, 0) is 10.0 Å². The Bertz CT molecular complexity index is 961. The SMILES string of the molecule is CC[C@@H](C)NS(=O)(=O)c1ccc(C(=O)NCCNc2ccccc2[N+](=O)[O-])cc1. The van der Waals surface area contributed by atoms with Gasteiger partial charge in [0.2, 0.25) is 10.0 Å². The van der Waals surface area contributed by atoms with E-state index in [2.05, 4.69) is 15.4 Å². The maximum absolute atomic E-state index is 12.2. The average molecular weight is 420 g/mol. The molecule has 0 saturated heterocycles. The lowest BCUT2D eigenvalue weighted by atomic mass is 10.2. The number of hydrogen-bond acceptors (Lipinski definition) is 6. The molecule has 0 heterocycles. The van der Waals surface area contributed by atoms with E-state index in [-0.39, 0.29) is 29.1 Å². The second kappa shape index (κ2) is 9.99. The molecule has 156 valence electrons. The summed E-state index contributed by atoms with van der Waals surface area (Å²) in [5, 5.41) is 16.6. The van der Waals surface area contributed by atoms with E-state index in [9.17, 15) is 23.3 Å². The number of carbonyl (C=O) groups is 1. The van der Waals surface area contributed by atoms with Gasteiger partial charge in [0.25, 0.3) is 11.6 Å². The van der Waals surface area contributed by atoms with Crippen molar-refractivity contribution in [1.29, 1.82) is 0 Å². The van der Waals surface area contributed by atoms with Crippen LogP contribution >= 0.6 is 0 Å². The molecule has 0 aliphatic heterocycles. The first kappa shape index (κ1) is 22.3. The average Bonchev–Trinajstić information content (AvgIpc) is 2.71. The number of sulfonamides is 1. The molecule has 0 radical (unpaired) electrons. The number of anilines is 1. The standard InChI is InChI=1S/C19H24N4O5S/c1-3-14(2)22-29(27,28)16-10-8-15(9-11-16)19(24)21-13-12-20-17-6-4-5-7-18(17)23(25)26/h4-11,14,20,22H,3,12-13H2,1-2H3,(H,21,24)/t14-/m1/s1. The number of carbonyl (C=O) groups excluding carboxylic acids is 1. The zero-order chi connectivity index (χ0) is 21.4. The number of nitrogens with zero attached hydrogens (tertiary/aromatic N) is 1. The van der Waals surface area contributed by atoms with Crippen LogP contribution in [-0.4, -0.2) is 38.4 Å². The van der Waals surface area contributed by atoms with Crippen LogP contribution in [0.1, 0.15) is 30.6 Å². The summed E-state index contributed by atoms with van der Waals surface area (Å²) in [6, 6.07) is 11.7. The Kier molecular flexibility index (Phi) is 7.68. The van der Waals surface area contributed by atoms with E-state index in [4.69, 9.17) is 0 Å². The highest BCUT2D eigenvalue weighted by atomic mass is 32.2. The fraction of sp³-hybridized carbons (Fsp3) is 0.316. The quantitative estimate of drug-likeness (QED) is 0.308. The predicted molar refractivity (Wildman–Crippen MR) is 110 cm³/mol. The van der Waals surface area contributed by atoms with Crippen LogP contribution in [0.4, 0.5) is 11.4 Å². The Balaban J connectivity index is 1.89. The summed E-state index contributed by atoms with van der Waals surface area (Å²) in [5.41, 5.74) is 0.648. The summed E-state index contributed by atoms with van der Waals surface area (Å²) in [6.07, 6.45) is 0.667. The lowest BCUT2D eigenvalue weighted by Gasteiger charge is -2.12. The maximum Gasteiger partial charge on any atom is 0.292 e. The Labute approximate surface area is 169 Å². The number of nitrogens with one attached hydrogen (secondary N) is 3. The van der Waals surface area contributed by atoms with Gasteiger partial charge >= 0.3 is 0 Å². The van der Waals surface area contributed by atoms with E-state index in [1.807, 2.05) is 6.92 Å². The summed E-state index contributed by atoms with van der Waals surface area (Å²) >= 11 is 0. The minimum Gasteiger partial charge on any atom is -0.378 e. The van der Waals surface area contributed by atoms with Crippen molar-refractivity contribution in [3.8, 4) is 0 Å². The molecule has 0 aliphatic carbocycles. The minimum absolute atomic E-state index is 0.0402. The maximum atomic E-state index is 12.2. The van der Waals surface area contributed by atoms with Gasteiger partial charge in [0.15, 0.2) is 0 Å². The van der Waals surface area contributed by atoms with E-state index < -0.39 is 14.9 Å². The van der Waals surface area contributed by atoms with Crippen LogP contribution in [0.25, 0.3) is 0 Å². The van der Waals surface area contributed by atoms with Crippen molar-refractivity contribution in [2.75, 3.05) is 18.4 Å². The number of benzene rings is 2. The van der Waals surface area contributed by atoms with Crippen molar-refractivity contribution in [2.24, 2.45) is 0 Å². The molecule has 0 saturated carbocycles. The van der Waals surface area contributed by atoms with Gasteiger partial charge in [-0.05, 0) is 43.7 Å². The van der Waals surface area contributed by atoms with E-state index >= 15 is 0 Å². The third kappa shape index (κ3) is 6.26. The van der Waals surface area contributed by atoms with Crippen molar-refractivity contribution in [3.05, 3.63) is 64.2 Å². The van der Waals surface area contributed by atoms with Crippen LogP contribution in [0.5, 0.6) is 0 Å². The first-order valence-electron chi connectivity index (χ1n) is 9.12. The summed E-state index contributed by atoms with van der Waals surface area (Å²) in [6.45, 7) is 4.19. The van der Waals surface area contributed by atoms with Gasteiger partial charge in [0, 0.05) is 30.8 Å². The fourth-order valence-corrected chi connectivity index (χ4v) is 3.79. The summed E-state index contributed by atoms with van der Waals surface area (Å²) in [7, 11) is -3.62. The predicted octanol–water partition coefficient (Wildman–Crippen LogP) is 2.51. The molecule has 9 nitrogen and oxygen atoms in total. The number of para-hydroxylation sites is 2. The first-order valence-corrected chi connectivity index (χ1v) is 10.6. The Morgan fingerprint density at radius 2 is 1.76 bits per heavy atom. The zero-order valence-electron chi connectivity index (χ0n) is 16.2. The van der Waals surface area contributed by atoms with Crippen molar-refractivity contribution in [1.82, 2.24) is 10.0 Å². The van der Waals surface area contributed by atoms with Crippen molar-refractivity contribution in [3.63, 3.8) is 0 Å². The molecule has 0 fully saturated rings. The van der Waals surface area contributed by atoms with Gasteiger partial charge in [-0.15, -0.1) is 0 Å². The molecule has 0 spiro atoms. The van der Waals surface area contributed by atoms with Gasteiger partial charge in [-0.2, -0.15) is 0 Å². The van der Waals surface area contributed by atoms with Crippen LogP contribution in [0, 0.1) is 10.1 Å². The summed E-state index contributed by atoms with van der Waals surface area (Å²) in [5.74, 6) is -0.367. The van der Waals surface area contributed by atoms with Crippen LogP contribution in [0.3, 0.4) is 0 Å². The van der Waals surface area contributed by atoms with E-state index in [0.29, 0.717) is 24.2 Å². The van der Waals surface area contributed by atoms with Gasteiger partial charge < -0.3 is 10.6 Å². The highest BCUT2D eigenvalue weighted by molar-refractivity contribution is 7.89.